The average Bonchev–Trinajstić information content (AvgIpc) is 2.55. The lowest BCUT2D eigenvalue weighted by molar-refractivity contribution is -0.119. The van der Waals surface area contributed by atoms with Crippen LogP contribution >= 0.6 is 9.24 Å². The molecule has 0 radical (unpaired) electrons. The molecule has 0 aromatic carbocycles. The van der Waals surface area contributed by atoms with Crippen molar-refractivity contribution >= 4 is 15.1 Å². The van der Waals surface area contributed by atoms with E-state index in [0.29, 0.717) is 5.92 Å². The zero-order valence-corrected chi connectivity index (χ0v) is 8.99. The molecule has 1 rings (SSSR count). The van der Waals surface area contributed by atoms with Gasteiger partial charge in [0.1, 0.15) is 0 Å². The summed E-state index contributed by atoms with van der Waals surface area (Å²) in [5.74, 6) is 0.438. The molecule has 1 aliphatic rings. The first kappa shape index (κ1) is 11.9. The molecule has 3 N–H and O–H groups in total. The van der Waals surface area contributed by atoms with Gasteiger partial charge in [-0.15, -0.1) is 9.24 Å². The number of rotatable bonds is 2. The fourth-order valence-electron chi connectivity index (χ4n) is 1.34. The van der Waals surface area contributed by atoms with E-state index in [9.17, 15) is 4.79 Å². The van der Waals surface area contributed by atoms with Crippen molar-refractivity contribution < 1.29 is 4.79 Å². The van der Waals surface area contributed by atoms with Crippen LogP contribution in [0.25, 0.3) is 0 Å². The first-order chi connectivity index (χ1) is 5.74. The SMILES string of the molecule is CCC1CNC(C(N)=O)C1.CP. The minimum Gasteiger partial charge on any atom is -0.368 e. The Kier molecular flexibility index (Phi) is 6.31. The Morgan fingerprint density at radius 3 is 2.50 bits per heavy atom. The predicted octanol–water partition coefficient (Wildman–Crippen LogP) is 0.351. The summed E-state index contributed by atoms with van der Waals surface area (Å²) in [6.45, 7) is 5.00. The van der Waals surface area contributed by atoms with Gasteiger partial charge in [-0.1, -0.05) is 20.0 Å². The molecule has 3 unspecified atom stereocenters. The zero-order valence-electron chi connectivity index (χ0n) is 7.84. The van der Waals surface area contributed by atoms with Crippen molar-refractivity contribution in [2.45, 2.75) is 25.8 Å². The van der Waals surface area contributed by atoms with Crippen LogP contribution in [-0.2, 0) is 4.79 Å². The molecule has 1 saturated heterocycles. The van der Waals surface area contributed by atoms with Gasteiger partial charge in [-0.05, 0) is 18.9 Å². The Labute approximate surface area is 76.7 Å². The van der Waals surface area contributed by atoms with E-state index in [1.807, 2.05) is 6.66 Å². The Morgan fingerprint density at radius 2 is 2.25 bits per heavy atom. The predicted molar refractivity (Wildman–Crippen MR) is 55.0 cm³/mol. The lowest BCUT2D eigenvalue weighted by Gasteiger charge is -2.03. The van der Waals surface area contributed by atoms with E-state index >= 15 is 0 Å². The highest BCUT2D eigenvalue weighted by Crippen LogP contribution is 2.16. The molecule has 0 aromatic rings. The zero-order chi connectivity index (χ0) is 9.56. The van der Waals surface area contributed by atoms with Crippen LogP contribution in [0.5, 0.6) is 0 Å². The van der Waals surface area contributed by atoms with Gasteiger partial charge in [-0.25, -0.2) is 0 Å². The van der Waals surface area contributed by atoms with Crippen molar-refractivity contribution in [1.82, 2.24) is 5.32 Å². The third-order valence-corrected chi connectivity index (χ3v) is 2.14. The first-order valence-corrected chi connectivity index (χ1v) is 5.50. The van der Waals surface area contributed by atoms with E-state index in [4.69, 9.17) is 5.73 Å². The first-order valence-electron chi connectivity index (χ1n) is 4.34. The standard InChI is InChI=1S/C7H14N2O.CH5P/c1-2-5-3-6(7(8)10)9-4-5;1-2/h5-6,9H,2-4H2,1H3,(H2,8,10);2H2,1H3. The van der Waals surface area contributed by atoms with Crippen LogP contribution < -0.4 is 11.1 Å². The maximum Gasteiger partial charge on any atom is 0.234 e. The number of hydrogen-bond donors (Lipinski definition) is 2. The summed E-state index contributed by atoms with van der Waals surface area (Å²) in [6.07, 6.45) is 2.06. The van der Waals surface area contributed by atoms with E-state index in [1.54, 1.807) is 0 Å². The normalized spacial score (nSPS) is 27.6. The molecule has 1 fully saturated rings. The molecule has 12 heavy (non-hydrogen) atoms. The molecule has 1 aliphatic heterocycles. The van der Waals surface area contributed by atoms with Crippen LogP contribution in [0, 0.1) is 5.92 Å². The van der Waals surface area contributed by atoms with Gasteiger partial charge in [0.05, 0.1) is 6.04 Å². The Bertz CT molecular complexity index is 141. The summed E-state index contributed by atoms with van der Waals surface area (Å²) in [5.41, 5.74) is 5.11. The summed E-state index contributed by atoms with van der Waals surface area (Å²) < 4.78 is 0. The highest BCUT2D eigenvalue weighted by molar-refractivity contribution is 7.15. The number of hydrogen-bond acceptors (Lipinski definition) is 2. The number of nitrogens with two attached hydrogens (primary N) is 1. The fraction of sp³-hybridized carbons (Fsp3) is 0.875. The lowest BCUT2D eigenvalue weighted by Crippen LogP contribution is -2.36. The summed E-state index contributed by atoms with van der Waals surface area (Å²) in [7, 11) is 2.42. The van der Waals surface area contributed by atoms with Gasteiger partial charge >= 0.3 is 0 Å². The van der Waals surface area contributed by atoms with E-state index in [1.165, 1.54) is 0 Å². The highest BCUT2D eigenvalue weighted by Gasteiger charge is 2.25. The monoisotopic (exact) mass is 190 g/mol. The molecule has 0 bridgehead atoms. The summed E-state index contributed by atoms with van der Waals surface area (Å²) in [6, 6.07) is -0.0649. The largest absolute Gasteiger partial charge is 0.368 e. The molecule has 1 amide bonds. The Morgan fingerprint density at radius 1 is 1.67 bits per heavy atom. The number of nitrogens with one attached hydrogen (secondary N) is 1. The maximum atomic E-state index is 10.6. The van der Waals surface area contributed by atoms with E-state index < -0.39 is 0 Å². The molecule has 4 heteroatoms. The third kappa shape index (κ3) is 3.51. The number of carbonyl (C=O) groups excluding carboxylic acids is 1. The quantitative estimate of drug-likeness (QED) is 0.617. The van der Waals surface area contributed by atoms with E-state index in [0.717, 1.165) is 19.4 Å². The molecule has 3 atom stereocenters. The lowest BCUT2D eigenvalue weighted by atomic mass is 10.0. The van der Waals surface area contributed by atoms with Crippen LogP contribution in [0.3, 0.4) is 0 Å². The van der Waals surface area contributed by atoms with Crippen molar-refractivity contribution in [2.24, 2.45) is 11.7 Å². The van der Waals surface area contributed by atoms with Gasteiger partial charge in [0.2, 0.25) is 5.91 Å². The number of carbonyl (C=O) groups is 1. The van der Waals surface area contributed by atoms with Crippen LogP contribution in [0.15, 0.2) is 0 Å². The summed E-state index contributed by atoms with van der Waals surface area (Å²) in [4.78, 5) is 10.6. The van der Waals surface area contributed by atoms with Gasteiger partial charge < -0.3 is 11.1 Å². The van der Waals surface area contributed by atoms with Crippen molar-refractivity contribution in [3.05, 3.63) is 0 Å². The molecular formula is C8H19N2OP. The van der Waals surface area contributed by atoms with Gasteiger partial charge in [-0.3, -0.25) is 4.79 Å². The van der Waals surface area contributed by atoms with Crippen LogP contribution in [-0.4, -0.2) is 25.2 Å². The van der Waals surface area contributed by atoms with E-state index in [2.05, 4.69) is 21.5 Å². The van der Waals surface area contributed by atoms with Crippen molar-refractivity contribution in [2.75, 3.05) is 13.2 Å². The molecule has 72 valence electrons. The Balaban J connectivity index is 0.000000561. The van der Waals surface area contributed by atoms with Gasteiger partial charge in [0.15, 0.2) is 0 Å². The molecule has 3 nitrogen and oxygen atoms in total. The second-order valence-electron chi connectivity index (χ2n) is 2.87. The molecule has 1 heterocycles. The molecule has 0 aliphatic carbocycles. The smallest absolute Gasteiger partial charge is 0.234 e. The van der Waals surface area contributed by atoms with Gasteiger partial charge in [0, 0.05) is 0 Å². The minimum atomic E-state index is -0.212. The molecule has 0 spiro atoms. The highest BCUT2D eigenvalue weighted by atomic mass is 31.0. The number of amides is 1. The summed E-state index contributed by atoms with van der Waals surface area (Å²) >= 11 is 0. The van der Waals surface area contributed by atoms with Crippen LogP contribution in [0.4, 0.5) is 0 Å². The maximum absolute atomic E-state index is 10.6. The molecule has 0 aromatic heterocycles. The second-order valence-corrected chi connectivity index (χ2v) is 2.87. The van der Waals surface area contributed by atoms with Crippen LogP contribution in [0.2, 0.25) is 0 Å². The third-order valence-electron chi connectivity index (χ3n) is 2.14. The van der Waals surface area contributed by atoms with Gasteiger partial charge in [-0.2, -0.15) is 0 Å². The topological polar surface area (TPSA) is 55.1 Å². The Hall–Kier alpha value is -0.140. The number of primary amides is 1. The second kappa shape index (κ2) is 6.38. The van der Waals surface area contributed by atoms with Crippen molar-refractivity contribution in [3.8, 4) is 0 Å². The van der Waals surface area contributed by atoms with Gasteiger partial charge in [0.25, 0.3) is 0 Å². The van der Waals surface area contributed by atoms with E-state index in [-0.39, 0.29) is 11.9 Å². The van der Waals surface area contributed by atoms with Crippen molar-refractivity contribution in [1.29, 1.82) is 0 Å². The van der Waals surface area contributed by atoms with Crippen molar-refractivity contribution in [3.63, 3.8) is 0 Å². The fourth-order valence-corrected chi connectivity index (χ4v) is 1.34. The molecular weight excluding hydrogens is 171 g/mol. The van der Waals surface area contributed by atoms with Crippen LogP contribution in [0.1, 0.15) is 19.8 Å². The molecule has 0 saturated carbocycles. The average molecular weight is 190 g/mol. The minimum absolute atomic E-state index is 0.0649. The summed E-state index contributed by atoms with van der Waals surface area (Å²) in [5, 5.41) is 3.08.